The predicted octanol–water partition coefficient (Wildman–Crippen LogP) is 5.79. The molecule has 0 bridgehead atoms. The maximum atomic E-state index is 6.54. The molecule has 5 rings (SSSR count). The van der Waals surface area contributed by atoms with Crippen molar-refractivity contribution in [1.82, 2.24) is 5.01 Å². The van der Waals surface area contributed by atoms with E-state index in [1.54, 1.807) is 25.6 Å². The van der Waals surface area contributed by atoms with Gasteiger partial charge in [0.25, 0.3) is 0 Å². The second-order valence-corrected chi connectivity index (χ2v) is 9.00. The Labute approximate surface area is 192 Å². The number of methoxy groups -OCH3 is 2. The summed E-state index contributed by atoms with van der Waals surface area (Å²) >= 11 is 1.71. The van der Waals surface area contributed by atoms with Crippen LogP contribution in [0.2, 0.25) is 0 Å². The van der Waals surface area contributed by atoms with Gasteiger partial charge in [-0.2, -0.15) is 5.10 Å². The Hall–Kier alpha value is -3.19. The number of hydrogen-bond donors (Lipinski definition) is 0. The van der Waals surface area contributed by atoms with Gasteiger partial charge in [-0.3, -0.25) is 0 Å². The van der Waals surface area contributed by atoms with Gasteiger partial charge < -0.3 is 18.9 Å². The molecule has 32 heavy (non-hydrogen) atoms. The second-order valence-electron chi connectivity index (χ2n) is 8.05. The van der Waals surface area contributed by atoms with Gasteiger partial charge in [0, 0.05) is 17.5 Å². The average Bonchev–Trinajstić information content (AvgIpc) is 3.48. The summed E-state index contributed by atoms with van der Waals surface area (Å²) in [5, 5.41) is 9.16. The molecule has 3 aromatic rings. The first-order valence-electron chi connectivity index (χ1n) is 10.7. The quantitative estimate of drug-likeness (QED) is 0.475. The van der Waals surface area contributed by atoms with Crippen molar-refractivity contribution in [3.8, 4) is 23.0 Å². The Balaban J connectivity index is 1.59. The van der Waals surface area contributed by atoms with E-state index in [0.717, 1.165) is 34.8 Å². The van der Waals surface area contributed by atoms with Gasteiger partial charge in [0.05, 0.1) is 37.0 Å². The van der Waals surface area contributed by atoms with Crippen molar-refractivity contribution in [1.29, 1.82) is 0 Å². The summed E-state index contributed by atoms with van der Waals surface area (Å²) in [7, 11) is 3.32. The molecule has 2 aromatic carbocycles. The minimum atomic E-state index is -0.414. The minimum Gasteiger partial charge on any atom is -0.493 e. The second kappa shape index (κ2) is 8.39. The summed E-state index contributed by atoms with van der Waals surface area (Å²) in [6.07, 6.45) is 0.452. The van der Waals surface area contributed by atoms with Crippen molar-refractivity contribution >= 4 is 17.0 Å². The predicted molar refractivity (Wildman–Crippen MR) is 125 cm³/mol. The van der Waals surface area contributed by atoms with Crippen LogP contribution in [0.3, 0.4) is 0 Å². The van der Waals surface area contributed by atoms with Gasteiger partial charge in [0.1, 0.15) is 0 Å². The van der Waals surface area contributed by atoms with Gasteiger partial charge in [0.15, 0.2) is 23.0 Å². The highest BCUT2D eigenvalue weighted by atomic mass is 32.1. The van der Waals surface area contributed by atoms with E-state index >= 15 is 0 Å². The Morgan fingerprint density at radius 1 is 1.03 bits per heavy atom. The molecule has 1 aromatic heterocycles. The van der Waals surface area contributed by atoms with Gasteiger partial charge in [-0.25, -0.2) is 5.01 Å². The van der Waals surface area contributed by atoms with Crippen LogP contribution in [0, 0.1) is 0 Å². The topological polar surface area (TPSA) is 52.5 Å². The molecule has 2 atom stereocenters. The van der Waals surface area contributed by atoms with E-state index in [1.165, 1.54) is 4.88 Å². The normalized spacial score (nSPS) is 19.2. The van der Waals surface area contributed by atoms with Crippen LogP contribution in [0.4, 0.5) is 0 Å². The van der Waals surface area contributed by atoms with Crippen molar-refractivity contribution in [3.05, 3.63) is 69.9 Å². The summed E-state index contributed by atoms with van der Waals surface area (Å²) in [6, 6.07) is 16.2. The lowest BCUT2D eigenvalue weighted by Crippen LogP contribution is -2.33. The zero-order valence-corrected chi connectivity index (χ0v) is 19.4. The van der Waals surface area contributed by atoms with E-state index < -0.39 is 6.23 Å². The third-order valence-corrected chi connectivity index (χ3v) is 6.56. The standard InChI is InChI=1S/C25H26N2O4S/c1-15(2)30-20-11-10-16(13-22(20)29-4)25-27-19(14-18(26-27)23-9-6-12-32-23)17-7-5-8-21(28-3)24(17)31-25/h5-13,15,19,25H,14H2,1-4H3. The van der Waals surface area contributed by atoms with E-state index in [9.17, 15) is 0 Å². The first-order valence-corrected chi connectivity index (χ1v) is 11.5. The SMILES string of the molecule is COc1cc(C2Oc3c(OC)cccc3C3CC(c4cccs4)=NN32)ccc1OC(C)C. The summed E-state index contributed by atoms with van der Waals surface area (Å²) in [6.45, 7) is 3.99. The van der Waals surface area contributed by atoms with Crippen molar-refractivity contribution in [2.45, 2.75) is 38.6 Å². The molecule has 0 aliphatic carbocycles. The molecule has 3 heterocycles. The van der Waals surface area contributed by atoms with Crippen LogP contribution >= 0.6 is 11.3 Å². The van der Waals surface area contributed by atoms with Crippen molar-refractivity contribution in [2.75, 3.05) is 14.2 Å². The summed E-state index contributed by atoms with van der Waals surface area (Å²) in [5.74, 6) is 2.87. The van der Waals surface area contributed by atoms with Gasteiger partial charge >= 0.3 is 0 Å². The lowest BCUT2D eigenvalue weighted by Gasteiger charge is -2.38. The first kappa shape index (κ1) is 20.7. The Bertz CT molecular complexity index is 1140. The van der Waals surface area contributed by atoms with Crippen LogP contribution in [-0.2, 0) is 0 Å². The highest BCUT2D eigenvalue weighted by Gasteiger charge is 2.42. The van der Waals surface area contributed by atoms with Gasteiger partial charge in [0.2, 0.25) is 6.23 Å². The number of fused-ring (bicyclic) bond motifs is 3. The van der Waals surface area contributed by atoms with Crippen molar-refractivity contribution < 1.29 is 18.9 Å². The molecule has 0 amide bonds. The van der Waals surface area contributed by atoms with Crippen LogP contribution in [-0.4, -0.2) is 31.0 Å². The number of rotatable bonds is 6. The van der Waals surface area contributed by atoms with E-state index in [1.807, 2.05) is 44.2 Å². The molecule has 6 nitrogen and oxygen atoms in total. The molecule has 0 fully saturated rings. The van der Waals surface area contributed by atoms with Crippen LogP contribution in [0.5, 0.6) is 23.0 Å². The zero-order chi connectivity index (χ0) is 22.2. The summed E-state index contributed by atoms with van der Waals surface area (Å²) in [5.41, 5.74) is 3.10. The maximum Gasteiger partial charge on any atom is 0.214 e. The summed E-state index contributed by atoms with van der Waals surface area (Å²) < 4.78 is 23.7. The van der Waals surface area contributed by atoms with E-state index in [2.05, 4.69) is 28.6 Å². The molecule has 2 unspecified atom stereocenters. The molecular weight excluding hydrogens is 424 g/mol. The molecular formula is C25H26N2O4S. The number of thiophene rings is 1. The fraction of sp³-hybridized carbons (Fsp3) is 0.320. The number of ether oxygens (including phenoxy) is 4. The molecule has 0 radical (unpaired) electrons. The molecule has 0 N–H and O–H groups in total. The Morgan fingerprint density at radius 3 is 2.59 bits per heavy atom. The molecule has 7 heteroatoms. The number of benzene rings is 2. The van der Waals surface area contributed by atoms with Crippen LogP contribution in [0.1, 0.15) is 48.5 Å². The molecule has 0 saturated heterocycles. The van der Waals surface area contributed by atoms with Crippen molar-refractivity contribution in [3.63, 3.8) is 0 Å². The monoisotopic (exact) mass is 450 g/mol. The zero-order valence-electron chi connectivity index (χ0n) is 18.6. The number of hydrazone groups is 1. The first-order chi connectivity index (χ1) is 15.6. The number of hydrogen-bond acceptors (Lipinski definition) is 7. The third-order valence-electron chi connectivity index (χ3n) is 5.64. The molecule has 0 spiro atoms. The van der Waals surface area contributed by atoms with Crippen LogP contribution in [0.15, 0.2) is 59.0 Å². The largest absolute Gasteiger partial charge is 0.493 e. The average molecular weight is 451 g/mol. The fourth-order valence-corrected chi connectivity index (χ4v) is 4.97. The molecule has 166 valence electrons. The maximum absolute atomic E-state index is 6.54. The van der Waals surface area contributed by atoms with Gasteiger partial charge in [-0.1, -0.05) is 18.2 Å². The molecule has 2 aliphatic rings. The smallest absolute Gasteiger partial charge is 0.214 e. The molecule has 0 saturated carbocycles. The summed E-state index contributed by atoms with van der Waals surface area (Å²) in [4.78, 5) is 1.18. The van der Waals surface area contributed by atoms with Crippen LogP contribution < -0.4 is 18.9 Å². The molecule has 2 aliphatic heterocycles. The van der Waals surface area contributed by atoms with Gasteiger partial charge in [-0.15, -0.1) is 11.3 Å². The number of para-hydroxylation sites is 1. The van der Waals surface area contributed by atoms with E-state index in [-0.39, 0.29) is 12.1 Å². The highest BCUT2D eigenvalue weighted by molar-refractivity contribution is 7.12. The Kier molecular flexibility index (Phi) is 5.43. The van der Waals surface area contributed by atoms with E-state index in [0.29, 0.717) is 11.5 Å². The van der Waals surface area contributed by atoms with Crippen molar-refractivity contribution in [2.24, 2.45) is 5.10 Å². The van der Waals surface area contributed by atoms with Crippen LogP contribution in [0.25, 0.3) is 0 Å². The Morgan fingerprint density at radius 2 is 1.88 bits per heavy atom. The highest BCUT2D eigenvalue weighted by Crippen LogP contribution is 2.51. The fourth-order valence-electron chi connectivity index (χ4n) is 4.25. The van der Waals surface area contributed by atoms with Gasteiger partial charge in [-0.05, 0) is 49.6 Å². The minimum absolute atomic E-state index is 0.0535. The lowest BCUT2D eigenvalue weighted by atomic mass is 9.97. The van der Waals surface area contributed by atoms with E-state index in [4.69, 9.17) is 24.0 Å². The lowest BCUT2D eigenvalue weighted by molar-refractivity contribution is -0.0210. The number of nitrogens with zero attached hydrogens (tertiary/aromatic N) is 2. The third kappa shape index (κ3) is 3.56.